The first kappa shape index (κ1) is 27.5. The Morgan fingerprint density at radius 2 is 1.68 bits per heavy atom. The van der Waals surface area contributed by atoms with E-state index in [1.54, 1.807) is 93.7 Å². The van der Waals surface area contributed by atoms with Gasteiger partial charge in [-0.25, -0.2) is 14.6 Å². The van der Waals surface area contributed by atoms with Crippen molar-refractivity contribution >= 4 is 29.0 Å². The lowest BCUT2D eigenvalue weighted by molar-refractivity contribution is 0.102. The van der Waals surface area contributed by atoms with E-state index in [1.807, 2.05) is 12.1 Å². The predicted octanol–water partition coefficient (Wildman–Crippen LogP) is 5.11. The first-order chi connectivity index (χ1) is 19.7. The average Bonchev–Trinajstić information content (AvgIpc) is 3.20. The Morgan fingerprint density at radius 3 is 2.37 bits per heavy atom. The number of ether oxygens (including phenoxy) is 2. The molecule has 10 nitrogen and oxygen atoms in total. The maximum absolute atomic E-state index is 13.2. The van der Waals surface area contributed by atoms with Gasteiger partial charge >= 0.3 is 0 Å². The molecule has 0 radical (unpaired) electrons. The second kappa shape index (κ2) is 11.2. The fourth-order valence-corrected chi connectivity index (χ4v) is 4.70. The van der Waals surface area contributed by atoms with Gasteiger partial charge in [-0.05, 0) is 55.5 Å². The van der Waals surface area contributed by atoms with Crippen molar-refractivity contribution in [3.8, 4) is 39.7 Å². The third kappa shape index (κ3) is 5.24. The molecule has 0 bridgehead atoms. The van der Waals surface area contributed by atoms with Crippen LogP contribution in [0.25, 0.3) is 28.2 Å². The van der Waals surface area contributed by atoms with E-state index in [9.17, 15) is 9.59 Å². The topological polar surface area (TPSA) is 126 Å². The number of nitrogens with one attached hydrogen (secondary N) is 1. The van der Waals surface area contributed by atoms with Gasteiger partial charge in [-0.3, -0.25) is 14.3 Å². The first-order valence-electron chi connectivity index (χ1n) is 12.5. The van der Waals surface area contributed by atoms with Crippen molar-refractivity contribution < 1.29 is 14.3 Å². The van der Waals surface area contributed by atoms with Crippen LogP contribution in [0.4, 0.5) is 11.5 Å². The van der Waals surface area contributed by atoms with Crippen LogP contribution >= 0.6 is 11.6 Å². The molecule has 3 aromatic carbocycles. The summed E-state index contributed by atoms with van der Waals surface area (Å²) in [6, 6.07) is 19.3. The Bertz CT molecular complexity index is 1830. The smallest absolute Gasteiger partial charge is 0.284 e. The number of hydrogen-bond acceptors (Lipinski definition) is 7. The molecule has 0 unspecified atom stereocenters. The maximum atomic E-state index is 13.2. The summed E-state index contributed by atoms with van der Waals surface area (Å²) in [4.78, 5) is 35.5. The molecule has 5 rings (SSSR count). The zero-order valence-corrected chi connectivity index (χ0v) is 23.6. The number of carbonyl (C=O) groups is 1. The molecule has 208 valence electrons. The lowest BCUT2D eigenvalue weighted by Gasteiger charge is -2.11. The van der Waals surface area contributed by atoms with Crippen molar-refractivity contribution in [3.63, 3.8) is 0 Å². The van der Waals surface area contributed by atoms with Crippen LogP contribution in [-0.2, 0) is 7.05 Å². The van der Waals surface area contributed by atoms with Gasteiger partial charge in [0.25, 0.3) is 11.5 Å². The Morgan fingerprint density at radius 1 is 0.976 bits per heavy atom. The van der Waals surface area contributed by atoms with Crippen LogP contribution in [0.3, 0.4) is 0 Å². The van der Waals surface area contributed by atoms with E-state index in [1.165, 1.54) is 4.68 Å². The number of halogens is 1. The van der Waals surface area contributed by atoms with Gasteiger partial charge in [-0.2, -0.15) is 0 Å². The van der Waals surface area contributed by atoms with Gasteiger partial charge in [0.2, 0.25) is 0 Å². The van der Waals surface area contributed by atoms with E-state index < -0.39 is 11.5 Å². The molecule has 41 heavy (non-hydrogen) atoms. The number of nitrogens with zero attached hydrogens (tertiary/aromatic N) is 4. The van der Waals surface area contributed by atoms with Crippen LogP contribution in [-0.4, -0.2) is 39.5 Å². The summed E-state index contributed by atoms with van der Waals surface area (Å²) < 4.78 is 13.8. The Labute approximate surface area is 240 Å². The number of methoxy groups -OCH3 is 2. The Kier molecular flexibility index (Phi) is 7.50. The van der Waals surface area contributed by atoms with Gasteiger partial charge in [0.05, 0.1) is 37.5 Å². The molecule has 5 aromatic rings. The number of anilines is 2. The van der Waals surface area contributed by atoms with Gasteiger partial charge in [0.1, 0.15) is 17.1 Å². The van der Waals surface area contributed by atoms with Crippen molar-refractivity contribution in [1.29, 1.82) is 0 Å². The molecule has 2 heterocycles. The zero-order valence-electron chi connectivity index (χ0n) is 22.8. The summed E-state index contributed by atoms with van der Waals surface area (Å²) in [5.74, 6) is 0.906. The van der Waals surface area contributed by atoms with Gasteiger partial charge in [-0.15, -0.1) is 0 Å². The van der Waals surface area contributed by atoms with Crippen molar-refractivity contribution in [2.75, 3.05) is 25.3 Å². The summed E-state index contributed by atoms with van der Waals surface area (Å²) >= 11 is 6.12. The second-order valence-corrected chi connectivity index (χ2v) is 9.61. The highest BCUT2D eigenvalue weighted by Gasteiger charge is 2.22. The number of nitrogens with two attached hydrogens (primary N) is 1. The molecular formula is C30H27ClN6O4. The van der Waals surface area contributed by atoms with Crippen molar-refractivity contribution in [1.82, 2.24) is 19.3 Å². The van der Waals surface area contributed by atoms with Gasteiger partial charge < -0.3 is 20.5 Å². The molecule has 3 N–H and O–H groups in total. The quantitative estimate of drug-likeness (QED) is 0.278. The minimum Gasteiger partial charge on any atom is -0.493 e. The van der Waals surface area contributed by atoms with Crippen LogP contribution in [0.15, 0.2) is 77.7 Å². The molecule has 0 saturated carbocycles. The number of benzene rings is 3. The van der Waals surface area contributed by atoms with E-state index in [0.717, 1.165) is 5.56 Å². The highest BCUT2D eigenvalue weighted by atomic mass is 35.5. The summed E-state index contributed by atoms with van der Waals surface area (Å²) in [6.45, 7) is 1.72. The third-order valence-electron chi connectivity index (χ3n) is 6.73. The van der Waals surface area contributed by atoms with Crippen LogP contribution < -0.4 is 26.1 Å². The standard InChI is InChI=1S/C30H27ClN6O4/c1-17-26(30(39)37(36(17)2)22-7-5-6-20(31)15-22)29(38)34-21-11-8-18(9-12-21)27-28(32)33-16-23(35-27)19-10-13-24(40-3)25(14-19)41-4/h5-16H,1-4H3,(H2,32,33)(H,34,38). The molecule has 0 aliphatic heterocycles. The summed E-state index contributed by atoms with van der Waals surface area (Å²) in [5, 5.41) is 3.30. The van der Waals surface area contributed by atoms with Crippen LogP contribution in [0, 0.1) is 6.92 Å². The van der Waals surface area contributed by atoms with Crippen molar-refractivity contribution in [2.45, 2.75) is 6.92 Å². The van der Waals surface area contributed by atoms with E-state index >= 15 is 0 Å². The zero-order chi connectivity index (χ0) is 29.3. The molecular weight excluding hydrogens is 544 g/mol. The fourth-order valence-electron chi connectivity index (χ4n) is 4.52. The molecule has 11 heteroatoms. The monoisotopic (exact) mass is 570 g/mol. The SMILES string of the molecule is COc1ccc(-c2cnc(N)c(-c3ccc(NC(=O)c4c(C)n(C)n(-c5cccc(Cl)c5)c4=O)cc3)n2)cc1OC. The number of nitrogen functional groups attached to an aromatic ring is 1. The molecule has 2 aromatic heterocycles. The minimum absolute atomic E-state index is 0.0364. The molecule has 0 spiro atoms. The highest BCUT2D eigenvalue weighted by molar-refractivity contribution is 6.30. The number of hydrogen-bond donors (Lipinski definition) is 2. The Hall–Kier alpha value is -5.09. The number of aromatic nitrogens is 4. The maximum Gasteiger partial charge on any atom is 0.284 e. The lowest BCUT2D eigenvalue weighted by atomic mass is 10.1. The van der Waals surface area contributed by atoms with Crippen LogP contribution in [0.1, 0.15) is 16.1 Å². The number of amides is 1. The molecule has 0 aliphatic carbocycles. The summed E-state index contributed by atoms with van der Waals surface area (Å²) in [5.41, 5.74) is 9.90. The predicted molar refractivity (Wildman–Crippen MR) is 159 cm³/mol. The average molecular weight is 571 g/mol. The first-order valence-corrected chi connectivity index (χ1v) is 12.9. The van der Waals surface area contributed by atoms with Crippen LogP contribution in [0.2, 0.25) is 5.02 Å². The molecule has 1 amide bonds. The number of rotatable bonds is 7. The normalized spacial score (nSPS) is 10.9. The van der Waals surface area contributed by atoms with E-state index in [-0.39, 0.29) is 11.4 Å². The molecule has 0 atom stereocenters. The second-order valence-electron chi connectivity index (χ2n) is 9.17. The van der Waals surface area contributed by atoms with E-state index in [4.69, 9.17) is 31.8 Å². The molecule has 0 fully saturated rings. The Balaban J connectivity index is 1.41. The third-order valence-corrected chi connectivity index (χ3v) is 6.96. The van der Waals surface area contributed by atoms with E-state index in [0.29, 0.717) is 50.5 Å². The molecule has 0 aliphatic rings. The van der Waals surface area contributed by atoms with Gasteiger partial charge in [0.15, 0.2) is 11.5 Å². The van der Waals surface area contributed by atoms with Gasteiger partial charge in [-0.1, -0.05) is 29.8 Å². The molecule has 0 saturated heterocycles. The van der Waals surface area contributed by atoms with Gasteiger partial charge in [0, 0.05) is 28.9 Å². The van der Waals surface area contributed by atoms with Crippen LogP contribution in [0.5, 0.6) is 11.5 Å². The fraction of sp³-hybridized carbons (Fsp3) is 0.133. The summed E-state index contributed by atoms with van der Waals surface area (Å²) in [6.07, 6.45) is 1.59. The highest BCUT2D eigenvalue weighted by Crippen LogP contribution is 2.33. The largest absolute Gasteiger partial charge is 0.493 e. The van der Waals surface area contributed by atoms with E-state index in [2.05, 4.69) is 10.3 Å². The van der Waals surface area contributed by atoms with Crippen molar-refractivity contribution in [3.05, 3.63) is 99.6 Å². The number of carbonyl (C=O) groups excluding carboxylic acids is 1. The van der Waals surface area contributed by atoms with Crippen molar-refractivity contribution in [2.24, 2.45) is 7.05 Å². The summed E-state index contributed by atoms with van der Waals surface area (Å²) in [7, 11) is 4.85. The lowest BCUT2D eigenvalue weighted by Crippen LogP contribution is -2.25. The minimum atomic E-state index is -0.522.